The fourth-order valence-electron chi connectivity index (χ4n) is 0.720. The number of aromatic nitrogens is 1. The van der Waals surface area contributed by atoms with E-state index in [-0.39, 0.29) is 18.2 Å². The summed E-state index contributed by atoms with van der Waals surface area (Å²) in [5, 5.41) is 10.2. The zero-order valence-electron chi connectivity index (χ0n) is 7.04. The number of ether oxygens (including phenoxy) is 1. The monoisotopic (exact) mass is 197 g/mol. The van der Waals surface area contributed by atoms with E-state index in [1.807, 2.05) is 0 Å². The Labute approximate surface area is 78.6 Å². The molecule has 1 heterocycles. The highest BCUT2D eigenvalue weighted by Gasteiger charge is 2.07. The van der Waals surface area contributed by atoms with E-state index in [1.165, 1.54) is 12.1 Å². The lowest BCUT2D eigenvalue weighted by atomic mass is 10.4. The first kappa shape index (κ1) is 9.90. The molecule has 0 aliphatic rings. The Hall–Kier alpha value is -2.18. The Morgan fingerprint density at radius 2 is 2.36 bits per heavy atom. The largest absolute Gasteiger partial charge is 0.480 e. The smallest absolute Gasteiger partial charge is 0.363 e. The number of rotatable bonds is 4. The molecule has 0 aliphatic carbocycles. The van der Waals surface area contributed by atoms with Crippen LogP contribution in [0.4, 0.5) is 5.82 Å². The summed E-state index contributed by atoms with van der Waals surface area (Å²) in [5.41, 5.74) is 4.83. The lowest BCUT2D eigenvalue weighted by Crippen LogP contribution is -2.20. The molecule has 74 valence electrons. The fourth-order valence-corrected chi connectivity index (χ4v) is 0.720. The minimum absolute atomic E-state index is 0.259. The first-order valence-corrected chi connectivity index (χ1v) is 3.61. The SMILES string of the molecule is NC(=O)COc1ccc([N+](=O)[O-])nc1. The second kappa shape index (κ2) is 4.17. The number of nitrogens with zero attached hydrogens (tertiary/aromatic N) is 2. The molecule has 0 aromatic carbocycles. The van der Waals surface area contributed by atoms with Gasteiger partial charge in [-0.25, -0.2) is 0 Å². The van der Waals surface area contributed by atoms with E-state index in [4.69, 9.17) is 10.5 Å². The molecular weight excluding hydrogens is 190 g/mol. The summed E-state index contributed by atoms with van der Waals surface area (Å²) in [5.74, 6) is -0.644. The van der Waals surface area contributed by atoms with E-state index >= 15 is 0 Å². The van der Waals surface area contributed by atoms with Crippen LogP contribution in [-0.4, -0.2) is 22.4 Å². The number of amides is 1. The Morgan fingerprint density at radius 3 is 2.79 bits per heavy atom. The van der Waals surface area contributed by atoms with E-state index in [9.17, 15) is 14.9 Å². The molecule has 1 amide bonds. The molecule has 1 aromatic heterocycles. The van der Waals surface area contributed by atoms with Gasteiger partial charge in [-0.3, -0.25) is 4.79 Å². The van der Waals surface area contributed by atoms with Gasteiger partial charge in [-0.2, -0.15) is 0 Å². The Bertz CT molecular complexity index is 348. The number of carbonyl (C=O) groups is 1. The van der Waals surface area contributed by atoms with Gasteiger partial charge in [0.1, 0.15) is 0 Å². The second-order valence-corrected chi connectivity index (χ2v) is 2.36. The van der Waals surface area contributed by atoms with Crippen LogP contribution in [0.1, 0.15) is 0 Å². The first-order chi connectivity index (χ1) is 6.59. The summed E-state index contributed by atoms with van der Waals surface area (Å²) in [6.07, 6.45) is 1.15. The summed E-state index contributed by atoms with van der Waals surface area (Å²) in [4.78, 5) is 23.4. The van der Waals surface area contributed by atoms with E-state index in [0.29, 0.717) is 0 Å². The van der Waals surface area contributed by atoms with Crippen molar-refractivity contribution in [1.82, 2.24) is 4.98 Å². The maximum atomic E-state index is 10.3. The third-order valence-electron chi connectivity index (χ3n) is 1.29. The van der Waals surface area contributed by atoms with E-state index in [0.717, 1.165) is 6.20 Å². The van der Waals surface area contributed by atoms with Gasteiger partial charge < -0.3 is 20.6 Å². The normalized spacial score (nSPS) is 9.43. The average Bonchev–Trinajstić information content (AvgIpc) is 2.15. The number of pyridine rings is 1. The Kier molecular flexibility index (Phi) is 2.95. The third kappa shape index (κ3) is 2.70. The molecule has 1 aromatic rings. The van der Waals surface area contributed by atoms with Crippen molar-refractivity contribution in [3.63, 3.8) is 0 Å². The number of hydrogen-bond acceptors (Lipinski definition) is 5. The molecule has 0 bridgehead atoms. The second-order valence-electron chi connectivity index (χ2n) is 2.36. The zero-order chi connectivity index (χ0) is 10.6. The minimum Gasteiger partial charge on any atom is -0.480 e. The van der Waals surface area contributed by atoms with Crippen molar-refractivity contribution < 1.29 is 14.5 Å². The number of carbonyl (C=O) groups excluding carboxylic acids is 1. The van der Waals surface area contributed by atoms with Gasteiger partial charge in [0.05, 0.1) is 0 Å². The van der Waals surface area contributed by atoms with E-state index in [1.54, 1.807) is 0 Å². The van der Waals surface area contributed by atoms with Crippen molar-refractivity contribution >= 4 is 11.7 Å². The molecule has 0 spiro atoms. The molecule has 1 rings (SSSR count). The van der Waals surface area contributed by atoms with Gasteiger partial charge in [-0.1, -0.05) is 0 Å². The standard InChI is InChI=1S/C7H7N3O4/c8-6(11)4-14-5-1-2-7(9-3-5)10(12)13/h1-3H,4H2,(H2,8,11). The van der Waals surface area contributed by atoms with Gasteiger partial charge in [0, 0.05) is 6.07 Å². The Morgan fingerprint density at radius 1 is 1.64 bits per heavy atom. The van der Waals surface area contributed by atoms with Crippen molar-refractivity contribution in [2.45, 2.75) is 0 Å². The molecule has 0 unspecified atom stereocenters. The molecule has 2 N–H and O–H groups in total. The van der Waals surface area contributed by atoms with Gasteiger partial charge >= 0.3 is 5.82 Å². The lowest BCUT2D eigenvalue weighted by Gasteiger charge is -1.99. The van der Waals surface area contributed by atoms with Crippen LogP contribution in [0.2, 0.25) is 0 Å². The quantitative estimate of drug-likeness (QED) is 0.533. The molecule has 7 nitrogen and oxygen atoms in total. The minimum atomic E-state index is -0.627. The first-order valence-electron chi connectivity index (χ1n) is 3.61. The van der Waals surface area contributed by atoms with Crippen LogP contribution < -0.4 is 10.5 Å². The third-order valence-corrected chi connectivity index (χ3v) is 1.29. The molecule has 0 atom stereocenters. The van der Waals surface area contributed by atoms with Crippen LogP contribution in [0, 0.1) is 10.1 Å². The number of nitrogens with two attached hydrogens (primary N) is 1. The molecule has 7 heteroatoms. The highest BCUT2D eigenvalue weighted by atomic mass is 16.6. The highest BCUT2D eigenvalue weighted by Crippen LogP contribution is 2.12. The average molecular weight is 197 g/mol. The van der Waals surface area contributed by atoms with Crippen LogP contribution in [0.3, 0.4) is 0 Å². The number of primary amides is 1. The maximum Gasteiger partial charge on any atom is 0.363 e. The van der Waals surface area contributed by atoms with Crippen LogP contribution >= 0.6 is 0 Å². The summed E-state index contributed by atoms with van der Waals surface area (Å²) < 4.78 is 4.84. The Balaban J connectivity index is 2.64. The van der Waals surface area contributed by atoms with Crippen molar-refractivity contribution in [1.29, 1.82) is 0 Å². The summed E-state index contributed by atoms with van der Waals surface area (Å²) in [7, 11) is 0. The molecule has 0 fully saturated rings. The van der Waals surface area contributed by atoms with Crippen LogP contribution in [0.25, 0.3) is 0 Å². The van der Waals surface area contributed by atoms with Crippen LogP contribution in [0.15, 0.2) is 18.3 Å². The zero-order valence-corrected chi connectivity index (χ0v) is 7.04. The van der Waals surface area contributed by atoms with Crippen molar-refractivity contribution in [2.75, 3.05) is 6.61 Å². The van der Waals surface area contributed by atoms with Gasteiger partial charge in [0.15, 0.2) is 18.6 Å². The summed E-state index contributed by atoms with van der Waals surface area (Å²) in [6, 6.07) is 2.52. The van der Waals surface area contributed by atoms with Gasteiger partial charge in [-0.15, -0.1) is 0 Å². The van der Waals surface area contributed by atoms with Gasteiger partial charge in [0.2, 0.25) is 0 Å². The van der Waals surface area contributed by atoms with Gasteiger partial charge in [-0.05, 0) is 16.0 Å². The van der Waals surface area contributed by atoms with Crippen molar-refractivity contribution in [2.24, 2.45) is 5.73 Å². The van der Waals surface area contributed by atoms with Gasteiger partial charge in [0.25, 0.3) is 5.91 Å². The number of nitro groups is 1. The fraction of sp³-hybridized carbons (Fsp3) is 0.143. The molecule has 14 heavy (non-hydrogen) atoms. The molecule has 0 radical (unpaired) electrons. The summed E-state index contributed by atoms with van der Waals surface area (Å²) >= 11 is 0. The van der Waals surface area contributed by atoms with Crippen LogP contribution in [0.5, 0.6) is 5.75 Å². The topological polar surface area (TPSA) is 108 Å². The number of hydrogen-bond donors (Lipinski definition) is 1. The molecule has 0 saturated carbocycles. The van der Waals surface area contributed by atoms with Crippen molar-refractivity contribution in [3.8, 4) is 5.75 Å². The highest BCUT2D eigenvalue weighted by molar-refractivity contribution is 5.75. The lowest BCUT2D eigenvalue weighted by molar-refractivity contribution is -0.389. The van der Waals surface area contributed by atoms with Crippen molar-refractivity contribution in [3.05, 3.63) is 28.4 Å². The maximum absolute atomic E-state index is 10.3. The predicted octanol–water partition coefficient (Wildman–Crippen LogP) is -0.146. The summed E-state index contributed by atoms with van der Waals surface area (Å²) in [6.45, 7) is -0.278. The molecule has 0 saturated heterocycles. The molecule has 0 aliphatic heterocycles. The molecular formula is C7H7N3O4. The van der Waals surface area contributed by atoms with E-state index < -0.39 is 10.8 Å². The van der Waals surface area contributed by atoms with Crippen LogP contribution in [-0.2, 0) is 4.79 Å². The predicted molar refractivity (Wildman–Crippen MR) is 45.6 cm³/mol. The van der Waals surface area contributed by atoms with E-state index in [2.05, 4.69) is 4.98 Å².